The maximum atomic E-state index is 12.8. The van der Waals surface area contributed by atoms with Gasteiger partial charge in [0.1, 0.15) is 5.75 Å². The van der Waals surface area contributed by atoms with Gasteiger partial charge in [-0.05, 0) is 29.7 Å². The Kier molecular flexibility index (Phi) is 5.32. The van der Waals surface area contributed by atoms with Gasteiger partial charge >= 0.3 is 0 Å². The Bertz CT molecular complexity index is 1120. The summed E-state index contributed by atoms with van der Waals surface area (Å²) in [6.07, 6.45) is 2.63. The molecule has 3 aromatic rings. The number of amides is 1. The van der Waals surface area contributed by atoms with E-state index in [1.165, 1.54) is 0 Å². The van der Waals surface area contributed by atoms with Crippen molar-refractivity contribution in [3.05, 3.63) is 65.9 Å². The number of aromatic amines is 1. The zero-order chi connectivity index (χ0) is 20.4. The molecule has 0 radical (unpaired) electrons. The molecule has 29 heavy (non-hydrogen) atoms. The molecule has 2 N–H and O–H groups in total. The summed E-state index contributed by atoms with van der Waals surface area (Å²) >= 11 is 0. The van der Waals surface area contributed by atoms with Crippen LogP contribution in [0.4, 0.5) is 0 Å². The lowest BCUT2D eigenvalue weighted by Gasteiger charge is -2.19. The Morgan fingerprint density at radius 2 is 2.00 bits per heavy atom. The fourth-order valence-electron chi connectivity index (χ4n) is 4.10. The molecule has 0 saturated carbocycles. The van der Waals surface area contributed by atoms with E-state index in [-0.39, 0.29) is 35.8 Å². The molecule has 0 bridgehead atoms. The molecular formula is C22H24N2O4S. The van der Waals surface area contributed by atoms with Crippen molar-refractivity contribution >= 4 is 26.6 Å². The third-order valence-electron chi connectivity index (χ3n) is 5.48. The van der Waals surface area contributed by atoms with Crippen LogP contribution >= 0.6 is 0 Å². The van der Waals surface area contributed by atoms with Crippen LogP contribution in [0.2, 0.25) is 0 Å². The summed E-state index contributed by atoms with van der Waals surface area (Å²) in [6, 6.07) is 15.4. The molecule has 7 heteroatoms. The molecule has 1 fully saturated rings. The number of carbonyl (C=O) groups is 1. The molecule has 152 valence electrons. The molecular weight excluding hydrogens is 388 g/mol. The summed E-state index contributed by atoms with van der Waals surface area (Å²) in [5.41, 5.74) is 2.95. The summed E-state index contributed by atoms with van der Waals surface area (Å²) in [6.45, 7) is 0. The van der Waals surface area contributed by atoms with Gasteiger partial charge in [0.2, 0.25) is 5.91 Å². The van der Waals surface area contributed by atoms with E-state index in [1.807, 2.05) is 54.7 Å². The Morgan fingerprint density at radius 1 is 1.21 bits per heavy atom. The van der Waals surface area contributed by atoms with E-state index in [0.717, 1.165) is 27.8 Å². The summed E-state index contributed by atoms with van der Waals surface area (Å²) in [7, 11) is -1.40. The fraction of sp³-hybridized carbons (Fsp3) is 0.318. The molecule has 0 aliphatic carbocycles. The second-order valence-corrected chi connectivity index (χ2v) is 9.69. The molecule has 0 spiro atoms. The Morgan fingerprint density at radius 3 is 2.69 bits per heavy atom. The fourth-order valence-corrected chi connectivity index (χ4v) is 5.77. The van der Waals surface area contributed by atoms with E-state index < -0.39 is 9.84 Å². The third-order valence-corrected chi connectivity index (χ3v) is 7.25. The number of nitrogens with one attached hydrogen (secondary N) is 2. The Balaban J connectivity index is 1.66. The van der Waals surface area contributed by atoms with Crippen molar-refractivity contribution in [3.8, 4) is 5.75 Å². The number of hydrogen-bond acceptors (Lipinski definition) is 4. The molecule has 4 rings (SSSR count). The van der Waals surface area contributed by atoms with E-state index in [4.69, 9.17) is 4.74 Å². The lowest BCUT2D eigenvalue weighted by molar-refractivity contribution is -0.121. The average molecular weight is 413 g/mol. The SMILES string of the molecule is COc1cccc2[nH]cc([C@@H](CC(=O)N[C@H]3CCS(=O)(=O)C3)c3ccccc3)c12. The molecule has 6 nitrogen and oxygen atoms in total. The first-order valence-corrected chi connectivity index (χ1v) is 11.5. The number of aromatic nitrogens is 1. The molecule has 1 aromatic heterocycles. The molecule has 2 aromatic carbocycles. The lowest BCUT2D eigenvalue weighted by Crippen LogP contribution is -2.36. The van der Waals surface area contributed by atoms with Gasteiger partial charge in [-0.2, -0.15) is 0 Å². The highest BCUT2D eigenvalue weighted by Crippen LogP contribution is 2.37. The van der Waals surface area contributed by atoms with Gasteiger partial charge in [0.15, 0.2) is 9.84 Å². The van der Waals surface area contributed by atoms with Crippen LogP contribution in [0.5, 0.6) is 5.75 Å². The van der Waals surface area contributed by atoms with E-state index in [0.29, 0.717) is 6.42 Å². The quantitative estimate of drug-likeness (QED) is 0.651. The smallest absolute Gasteiger partial charge is 0.221 e. The molecule has 1 aliphatic heterocycles. The van der Waals surface area contributed by atoms with Gasteiger partial charge in [-0.15, -0.1) is 0 Å². The molecule has 1 amide bonds. The standard InChI is InChI=1S/C22H24N2O4S/c1-28-20-9-5-8-19-22(20)18(13-23-19)17(15-6-3-2-4-7-15)12-21(25)24-16-10-11-29(26,27)14-16/h2-9,13,16-17,23H,10-12,14H2,1H3,(H,24,25)/t16-,17-/m0/s1. The van der Waals surface area contributed by atoms with Gasteiger partial charge in [0, 0.05) is 35.5 Å². The van der Waals surface area contributed by atoms with Crippen LogP contribution in [0.25, 0.3) is 10.9 Å². The van der Waals surface area contributed by atoms with Gasteiger partial charge in [-0.1, -0.05) is 36.4 Å². The number of hydrogen-bond donors (Lipinski definition) is 2. The zero-order valence-electron chi connectivity index (χ0n) is 16.2. The van der Waals surface area contributed by atoms with Gasteiger partial charge < -0.3 is 15.0 Å². The first-order chi connectivity index (χ1) is 14.0. The highest BCUT2D eigenvalue weighted by Gasteiger charge is 2.30. The lowest BCUT2D eigenvalue weighted by atomic mass is 9.87. The summed E-state index contributed by atoms with van der Waals surface area (Å²) in [4.78, 5) is 16.1. The van der Waals surface area contributed by atoms with Crippen molar-refractivity contribution in [1.29, 1.82) is 0 Å². The second-order valence-electron chi connectivity index (χ2n) is 7.46. The van der Waals surface area contributed by atoms with Crippen LogP contribution in [-0.4, -0.2) is 44.0 Å². The summed E-state index contributed by atoms with van der Waals surface area (Å²) < 4.78 is 29.0. The van der Waals surface area contributed by atoms with Crippen LogP contribution in [0, 0.1) is 0 Å². The Labute approximate surface area is 170 Å². The summed E-state index contributed by atoms with van der Waals surface area (Å²) in [5.74, 6) is 0.585. The first-order valence-electron chi connectivity index (χ1n) is 9.65. The number of ether oxygens (including phenoxy) is 1. The molecule has 2 atom stereocenters. The predicted octanol–water partition coefficient (Wildman–Crippen LogP) is 3.00. The minimum absolute atomic E-state index is 0.0235. The zero-order valence-corrected chi connectivity index (χ0v) is 17.0. The molecule has 1 saturated heterocycles. The van der Waals surface area contributed by atoms with Crippen LogP contribution in [0.3, 0.4) is 0 Å². The summed E-state index contributed by atoms with van der Waals surface area (Å²) in [5, 5.41) is 3.87. The van der Waals surface area contributed by atoms with Crippen molar-refractivity contribution in [2.75, 3.05) is 18.6 Å². The van der Waals surface area contributed by atoms with E-state index in [9.17, 15) is 13.2 Å². The maximum absolute atomic E-state index is 12.8. The van der Waals surface area contributed by atoms with Gasteiger partial charge in [0.05, 0.1) is 18.6 Å². The minimum atomic E-state index is -3.04. The predicted molar refractivity (Wildman–Crippen MR) is 113 cm³/mol. The van der Waals surface area contributed by atoms with Crippen molar-refractivity contribution in [2.45, 2.75) is 24.8 Å². The van der Waals surface area contributed by atoms with E-state index >= 15 is 0 Å². The number of fused-ring (bicyclic) bond motifs is 1. The van der Waals surface area contributed by atoms with Gasteiger partial charge in [-0.25, -0.2) is 8.42 Å². The van der Waals surface area contributed by atoms with Crippen molar-refractivity contribution < 1.29 is 17.9 Å². The van der Waals surface area contributed by atoms with Crippen molar-refractivity contribution in [2.24, 2.45) is 0 Å². The topological polar surface area (TPSA) is 88.3 Å². The molecule has 1 aliphatic rings. The minimum Gasteiger partial charge on any atom is -0.496 e. The van der Waals surface area contributed by atoms with Crippen molar-refractivity contribution in [3.63, 3.8) is 0 Å². The third kappa shape index (κ3) is 4.15. The number of benzene rings is 2. The normalized spacial score (nSPS) is 19.1. The number of sulfone groups is 1. The number of carbonyl (C=O) groups excluding carboxylic acids is 1. The second kappa shape index (κ2) is 7.91. The Hall–Kier alpha value is -2.80. The largest absolute Gasteiger partial charge is 0.496 e. The number of rotatable bonds is 6. The molecule has 0 unspecified atom stereocenters. The number of H-pyrrole nitrogens is 1. The van der Waals surface area contributed by atoms with Crippen LogP contribution < -0.4 is 10.1 Å². The number of methoxy groups -OCH3 is 1. The van der Waals surface area contributed by atoms with Crippen molar-refractivity contribution in [1.82, 2.24) is 10.3 Å². The van der Waals surface area contributed by atoms with E-state index in [1.54, 1.807) is 7.11 Å². The average Bonchev–Trinajstić information content (AvgIpc) is 3.29. The maximum Gasteiger partial charge on any atom is 0.221 e. The van der Waals surface area contributed by atoms with Gasteiger partial charge in [0.25, 0.3) is 0 Å². The first kappa shape index (κ1) is 19.5. The highest BCUT2D eigenvalue weighted by molar-refractivity contribution is 7.91. The van der Waals surface area contributed by atoms with Crippen LogP contribution in [0.15, 0.2) is 54.7 Å². The van der Waals surface area contributed by atoms with Crippen LogP contribution in [-0.2, 0) is 14.6 Å². The van der Waals surface area contributed by atoms with Crippen LogP contribution in [0.1, 0.15) is 29.9 Å². The van der Waals surface area contributed by atoms with Gasteiger partial charge in [-0.3, -0.25) is 4.79 Å². The monoisotopic (exact) mass is 412 g/mol. The highest BCUT2D eigenvalue weighted by atomic mass is 32.2. The molecule has 2 heterocycles. The van der Waals surface area contributed by atoms with E-state index in [2.05, 4.69) is 10.3 Å².